The van der Waals surface area contributed by atoms with Gasteiger partial charge in [-0.15, -0.1) is 0 Å². The third-order valence-electron chi connectivity index (χ3n) is 2.49. The molecule has 0 atom stereocenters. The number of thioether (sulfide) groups is 1. The van der Waals surface area contributed by atoms with Gasteiger partial charge in [-0.05, 0) is 23.6 Å². The first-order valence-corrected chi connectivity index (χ1v) is 6.46. The summed E-state index contributed by atoms with van der Waals surface area (Å²) in [6, 6.07) is 8.27. The summed E-state index contributed by atoms with van der Waals surface area (Å²) >= 11 is 6.45. The number of hydrogen-bond donors (Lipinski definition) is 0. The van der Waals surface area contributed by atoms with Crippen LogP contribution >= 0.6 is 24.0 Å². The second-order valence-electron chi connectivity index (χ2n) is 3.68. The number of hydrogen-bond acceptors (Lipinski definition) is 3. The summed E-state index contributed by atoms with van der Waals surface area (Å²) in [5.74, 6) is 0.148. The number of carbonyl (C=O) groups is 1. The maximum absolute atomic E-state index is 11.5. The summed E-state index contributed by atoms with van der Waals surface area (Å²) in [6.07, 6.45) is 3.37. The van der Waals surface area contributed by atoms with Crippen LogP contribution in [0.5, 0.6) is 0 Å². The molecule has 0 aliphatic carbocycles. The van der Waals surface area contributed by atoms with Crippen LogP contribution in [0.4, 0.5) is 0 Å². The number of benzene rings is 1. The number of ketones is 1. The Morgan fingerprint density at radius 3 is 2.56 bits per heavy atom. The van der Waals surface area contributed by atoms with Gasteiger partial charge >= 0.3 is 0 Å². The van der Waals surface area contributed by atoms with Crippen molar-refractivity contribution in [2.75, 3.05) is 0 Å². The van der Waals surface area contributed by atoms with E-state index >= 15 is 0 Å². The molecule has 1 aliphatic rings. The highest BCUT2D eigenvalue weighted by Crippen LogP contribution is 2.31. The lowest BCUT2D eigenvalue weighted by molar-refractivity contribution is -0.113. The number of carbonyl (C=O) groups excluding carboxylic acids is 1. The lowest BCUT2D eigenvalue weighted by Gasteiger charge is -1.98. The normalized spacial score (nSPS) is 18.4. The van der Waals surface area contributed by atoms with Gasteiger partial charge < -0.3 is 0 Å². The first-order valence-electron chi connectivity index (χ1n) is 5.23. The van der Waals surface area contributed by atoms with Crippen LogP contribution in [0.1, 0.15) is 24.5 Å². The lowest BCUT2D eigenvalue weighted by Crippen LogP contribution is -1.91. The molecule has 0 unspecified atom stereocenters. The van der Waals surface area contributed by atoms with Crippen LogP contribution < -0.4 is 0 Å². The topological polar surface area (TPSA) is 17.1 Å². The van der Waals surface area contributed by atoms with E-state index in [-0.39, 0.29) is 5.78 Å². The highest BCUT2D eigenvalue weighted by Gasteiger charge is 2.22. The van der Waals surface area contributed by atoms with Crippen molar-refractivity contribution in [3.63, 3.8) is 0 Å². The van der Waals surface area contributed by atoms with E-state index in [1.54, 1.807) is 0 Å². The Morgan fingerprint density at radius 1 is 1.38 bits per heavy atom. The molecule has 3 heteroatoms. The molecule has 0 bridgehead atoms. The fourth-order valence-corrected chi connectivity index (χ4v) is 2.77. The van der Waals surface area contributed by atoms with Gasteiger partial charge in [-0.25, -0.2) is 0 Å². The van der Waals surface area contributed by atoms with Gasteiger partial charge in [-0.1, -0.05) is 55.2 Å². The SMILES string of the molecule is CCc1ccc(/C=C2\SC(=S)CC2=O)cc1. The predicted molar refractivity (Wildman–Crippen MR) is 73.6 cm³/mol. The molecule has 16 heavy (non-hydrogen) atoms. The number of allylic oxidation sites excluding steroid dienone is 1. The summed E-state index contributed by atoms with van der Waals surface area (Å²) in [7, 11) is 0. The van der Waals surface area contributed by atoms with Crippen LogP contribution in [-0.2, 0) is 11.2 Å². The van der Waals surface area contributed by atoms with Crippen molar-refractivity contribution < 1.29 is 4.79 Å². The number of aryl methyl sites for hydroxylation is 1. The monoisotopic (exact) mass is 248 g/mol. The van der Waals surface area contributed by atoms with Crippen molar-refractivity contribution in [1.82, 2.24) is 0 Å². The molecular formula is C13H12OS2. The first-order chi connectivity index (χ1) is 7.69. The smallest absolute Gasteiger partial charge is 0.175 e. The maximum atomic E-state index is 11.5. The molecule has 1 heterocycles. The molecule has 0 radical (unpaired) electrons. The summed E-state index contributed by atoms with van der Waals surface area (Å²) in [6.45, 7) is 2.13. The van der Waals surface area contributed by atoms with Crippen molar-refractivity contribution in [2.45, 2.75) is 19.8 Å². The highest BCUT2D eigenvalue weighted by atomic mass is 32.2. The fraction of sp³-hybridized carbons (Fsp3) is 0.231. The molecule has 0 saturated carbocycles. The maximum Gasteiger partial charge on any atom is 0.175 e. The number of Topliss-reactive ketones (excluding diaryl/α,β-unsaturated/α-hetero) is 1. The van der Waals surface area contributed by atoms with Crippen LogP contribution in [0.15, 0.2) is 29.2 Å². The van der Waals surface area contributed by atoms with Crippen LogP contribution in [0.2, 0.25) is 0 Å². The van der Waals surface area contributed by atoms with Gasteiger partial charge in [0.05, 0.1) is 15.5 Å². The van der Waals surface area contributed by atoms with E-state index in [1.807, 2.05) is 18.2 Å². The van der Waals surface area contributed by atoms with Crippen molar-refractivity contribution >= 4 is 40.0 Å². The molecule has 0 amide bonds. The number of thiocarbonyl (C=S) groups is 1. The zero-order chi connectivity index (χ0) is 11.5. The molecule has 1 aliphatic heterocycles. The van der Waals surface area contributed by atoms with Crippen molar-refractivity contribution in [1.29, 1.82) is 0 Å². The lowest BCUT2D eigenvalue weighted by atomic mass is 10.1. The Labute approximate surface area is 105 Å². The molecule has 1 aromatic rings. The Hall–Kier alpha value is -0.930. The summed E-state index contributed by atoms with van der Waals surface area (Å²) in [5, 5.41) is 0. The molecule has 0 spiro atoms. The van der Waals surface area contributed by atoms with Gasteiger partial charge in [0.25, 0.3) is 0 Å². The minimum absolute atomic E-state index is 0.148. The fourth-order valence-electron chi connectivity index (χ4n) is 1.54. The van der Waals surface area contributed by atoms with Gasteiger partial charge in [0.15, 0.2) is 5.78 Å². The van der Waals surface area contributed by atoms with E-state index < -0.39 is 0 Å². The molecule has 1 fully saturated rings. The molecule has 0 aromatic heterocycles. The minimum atomic E-state index is 0.148. The van der Waals surface area contributed by atoms with Crippen LogP contribution in [0.3, 0.4) is 0 Å². The van der Waals surface area contributed by atoms with E-state index in [9.17, 15) is 4.79 Å². The molecule has 1 saturated heterocycles. The molecular weight excluding hydrogens is 236 g/mol. The average Bonchev–Trinajstić information content (AvgIpc) is 2.59. The zero-order valence-corrected chi connectivity index (χ0v) is 10.7. The Kier molecular flexibility index (Phi) is 3.56. The van der Waals surface area contributed by atoms with Gasteiger partial charge in [0.1, 0.15) is 0 Å². The molecule has 82 valence electrons. The van der Waals surface area contributed by atoms with Gasteiger partial charge in [0.2, 0.25) is 0 Å². The average molecular weight is 248 g/mol. The summed E-state index contributed by atoms with van der Waals surface area (Å²) in [4.78, 5) is 12.3. The Morgan fingerprint density at radius 2 is 2.06 bits per heavy atom. The van der Waals surface area contributed by atoms with E-state index in [2.05, 4.69) is 19.1 Å². The third-order valence-corrected chi connectivity index (χ3v) is 3.82. The largest absolute Gasteiger partial charge is 0.293 e. The second-order valence-corrected chi connectivity index (χ2v) is 5.57. The Bertz CT molecular complexity index is 457. The molecule has 2 rings (SSSR count). The molecule has 1 nitrogen and oxygen atoms in total. The second kappa shape index (κ2) is 4.93. The highest BCUT2D eigenvalue weighted by molar-refractivity contribution is 8.27. The van der Waals surface area contributed by atoms with Crippen molar-refractivity contribution in [2.24, 2.45) is 0 Å². The van der Waals surface area contributed by atoms with E-state index in [1.165, 1.54) is 17.3 Å². The van der Waals surface area contributed by atoms with E-state index in [0.29, 0.717) is 6.42 Å². The minimum Gasteiger partial charge on any atom is -0.293 e. The summed E-state index contributed by atoms with van der Waals surface area (Å²) in [5.41, 5.74) is 2.38. The van der Waals surface area contributed by atoms with E-state index in [0.717, 1.165) is 21.1 Å². The van der Waals surface area contributed by atoms with E-state index in [4.69, 9.17) is 12.2 Å². The first kappa shape index (κ1) is 11.6. The Balaban J connectivity index is 2.22. The zero-order valence-electron chi connectivity index (χ0n) is 9.03. The van der Waals surface area contributed by atoms with Crippen molar-refractivity contribution in [3.8, 4) is 0 Å². The van der Waals surface area contributed by atoms with Gasteiger partial charge in [-0.2, -0.15) is 0 Å². The van der Waals surface area contributed by atoms with Crippen LogP contribution in [0.25, 0.3) is 6.08 Å². The predicted octanol–water partition coefficient (Wildman–Crippen LogP) is 3.62. The van der Waals surface area contributed by atoms with Crippen LogP contribution in [-0.4, -0.2) is 9.98 Å². The van der Waals surface area contributed by atoms with Crippen LogP contribution in [0, 0.1) is 0 Å². The number of rotatable bonds is 2. The van der Waals surface area contributed by atoms with Gasteiger partial charge in [0, 0.05) is 0 Å². The van der Waals surface area contributed by atoms with Crippen molar-refractivity contribution in [3.05, 3.63) is 40.3 Å². The third kappa shape index (κ3) is 2.60. The molecule has 0 N–H and O–H groups in total. The summed E-state index contributed by atoms with van der Waals surface area (Å²) < 4.78 is 0.779. The molecule has 1 aromatic carbocycles. The van der Waals surface area contributed by atoms with Gasteiger partial charge in [-0.3, -0.25) is 4.79 Å². The quantitative estimate of drug-likeness (QED) is 0.588. The standard InChI is InChI=1S/C13H12OS2/c1-2-9-3-5-10(6-4-9)7-12-11(14)8-13(15)16-12/h3-7H,2,8H2,1H3/b12-7-.